The molecule has 1 heterocycles. The Morgan fingerprint density at radius 3 is 2.59 bits per heavy atom. The fourth-order valence-electron chi connectivity index (χ4n) is 2.58. The van der Waals surface area contributed by atoms with Crippen molar-refractivity contribution < 1.29 is 14.7 Å². The third-order valence-corrected chi connectivity index (χ3v) is 3.91. The second-order valence-corrected chi connectivity index (χ2v) is 5.13. The number of carbonyl (C=O) groups is 2. The lowest BCUT2D eigenvalue weighted by Gasteiger charge is -2.35. The summed E-state index contributed by atoms with van der Waals surface area (Å²) >= 11 is 0. The Hall–Kier alpha value is -1.26. The van der Waals surface area contributed by atoms with E-state index in [1.165, 1.54) is 4.90 Å². The average molecular weight is 240 g/mol. The second kappa shape index (κ2) is 4.20. The maximum absolute atomic E-state index is 12.4. The van der Waals surface area contributed by atoms with E-state index in [1.807, 2.05) is 11.8 Å². The number of likely N-dealkylation sites (tertiary alicyclic amines) is 1. The highest BCUT2D eigenvalue weighted by Gasteiger charge is 2.48. The van der Waals surface area contributed by atoms with Crippen LogP contribution in [0.3, 0.4) is 0 Å². The van der Waals surface area contributed by atoms with Gasteiger partial charge >= 0.3 is 12.0 Å². The van der Waals surface area contributed by atoms with E-state index < -0.39 is 11.5 Å². The zero-order valence-corrected chi connectivity index (χ0v) is 10.5. The quantitative estimate of drug-likeness (QED) is 0.813. The number of carboxylic acid groups (broad SMARTS) is 1. The number of aliphatic carboxylic acids is 1. The first-order valence-electron chi connectivity index (χ1n) is 6.32. The number of rotatable bonds is 3. The van der Waals surface area contributed by atoms with Gasteiger partial charge in [-0.05, 0) is 39.5 Å². The Bertz CT molecular complexity index is 341. The van der Waals surface area contributed by atoms with Gasteiger partial charge in [0, 0.05) is 19.1 Å². The van der Waals surface area contributed by atoms with Crippen LogP contribution in [-0.2, 0) is 4.79 Å². The van der Waals surface area contributed by atoms with Gasteiger partial charge in [0.1, 0.15) is 5.54 Å². The van der Waals surface area contributed by atoms with Crippen LogP contribution in [0, 0.1) is 0 Å². The van der Waals surface area contributed by atoms with Crippen LogP contribution >= 0.6 is 0 Å². The number of carboxylic acids is 1. The van der Waals surface area contributed by atoms with E-state index in [4.69, 9.17) is 0 Å². The Kier molecular flexibility index (Phi) is 3.02. The summed E-state index contributed by atoms with van der Waals surface area (Å²) in [7, 11) is 0. The highest BCUT2D eigenvalue weighted by atomic mass is 16.4. The smallest absolute Gasteiger partial charge is 0.329 e. The molecular weight excluding hydrogens is 220 g/mol. The minimum Gasteiger partial charge on any atom is -0.480 e. The third kappa shape index (κ3) is 1.98. The molecule has 0 aromatic carbocycles. The van der Waals surface area contributed by atoms with Crippen molar-refractivity contribution in [3.8, 4) is 0 Å². The summed E-state index contributed by atoms with van der Waals surface area (Å²) in [4.78, 5) is 27.0. The van der Waals surface area contributed by atoms with Crippen LogP contribution in [0.4, 0.5) is 4.79 Å². The van der Waals surface area contributed by atoms with Gasteiger partial charge in [0.2, 0.25) is 0 Å². The Morgan fingerprint density at radius 1 is 1.47 bits per heavy atom. The van der Waals surface area contributed by atoms with Crippen molar-refractivity contribution in [3.63, 3.8) is 0 Å². The maximum atomic E-state index is 12.4. The largest absolute Gasteiger partial charge is 0.480 e. The van der Waals surface area contributed by atoms with Crippen LogP contribution in [0.15, 0.2) is 0 Å². The molecule has 1 aliphatic heterocycles. The summed E-state index contributed by atoms with van der Waals surface area (Å²) in [5.74, 6) is -0.893. The first kappa shape index (κ1) is 12.2. The van der Waals surface area contributed by atoms with Gasteiger partial charge in [-0.1, -0.05) is 0 Å². The summed E-state index contributed by atoms with van der Waals surface area (Å²) in [6.07, 6.45) is 3.43. The van der Waals surface area contributed by atoms with Gasteiger partial charge < -0.3 is 14.9 Å². The highest BCUT2D eigenvalue weighted by Crippen LogP contribution is 2.33. The third-order valence-electron chi connectivity index (χ3n) is 3.91. The van der Waals surface area contributed by atoms with E-state index in [0.717, 1.165) is 19.3 Å². The normalized spacial score (nSPS) is 28.2. The van der Waals surface area contributed by atoms with Gasteiger partial charge in [-0.2, -0.15) is 0 Å². The number of amides is 2. The molecule has 1 N–H and O–H groups in total. The number of carbonyl (C=O) groups excluding carboxylic acids is 1. The van der Waals surface area contributed by atoms with Crippen LogP contribution in [0.2, 0.25) is 0 Å². The van der Waals surface area contributed by atoms with Crippen LogP contribution in [0.5, 0.6) is 0 Å². The summed E-state index contributed by atoms with van der Waals surface area (Å²) in [6.45, 7) is 4.83. The lowest BCUT2D eigenvalue weighted by Crippen LogP contribution is -2.55. The molecule has 1 unspecified atom stereocenters. The second-order valence-electron chi connectivity index (χ2n) is 5.13. The van der Waals surface area contributed by atoms with Crippen molar-refractivity contribution in [1.29, 1.82) is 0 Å². The molecule has 5 heteroatoms. The predicted octanol–water partition coefficient (Wildman–Crippen LogP) is 1.53. The molecule has 1 saturated carbocycles. The van der Waals surface area contributed by atoms with Gasteiger partial charge in [0.05, 0.1) is 0 Å². The topological polar surface area (TPSA) is 60.9 Å². The van der Waals surface area contributed by atoms with Crippen molar-refractivity contribution in [2.75, 3.05) is 13.1 Å². The molecule has 0 aromatic heterocycles. The number of hydrogen-bond donors (Lipinski definition) is 1. The molecule has 2 fully saturated rings. The monoisotopic (exact) mass is 240 g/mol. The molecule has 0 bridgehead atoms. The number of hydrogen-bond acceptors (Lipinski definition) is 2. The first-order valence-corrected chi connectivity index (χ1v) is 6.32. The maximum Gasteiger partial charge on any atom is 0.329 e. The molecule has 0 radical (unpaired) electrons. The van der Waals surface area contributed by atoms with Crippen LogP contribution in [0.1, 0.15) is 39.5 Å². The summed E-state index contributed by atoms with van der Waals surface area (Å²) in [5.41, 5.74) is -1.01. The minimum absolute atomic E-state index is 0.0996. The summed E-state index contributed by atoms with van der Waals surface area (Å²) in [5, 5.41) is 9.29. The Balaban J connectivity index is 2.15. The van der Waals surface area contributed by atoms with E-state index in [9.17, 15) is 14.7 Å². The molecule has 96 valence electrons. The lowest BCUT2D eigenvalue weighted by molar-refractivity contribution is -0.147. The molecule has 0 spiro atoms. The Morgan fingerprint density at radius 2 is 2.12 bits per heavy atom. The van der Waals surface area contributed by atoms with Crippen molar-refractivity contribution in [3.05, 3.63) is 0 Å². The van der Waals surface area contributed by atoms with Gasteiger partial charge in [-0.15, -0.1) is 0 Å². The van der Waals surface area contributed by atoms with Crippen molar-refractivity contribution in [2.24, 2.45) is 0 Å². The lowest BCUT2D eigenvalue weighted by atomic mass is 10.00. The molecule has 1 saturated heterocycles. The van der Waals surface area contributed by atoms with Gasteiger partial charge in [0.15, 0.2) is 0 Å². The van der Waals surface area contributed by atoms with E-state index in [2.05, 4.69) is 0 Å². The number of urea groups is 1. The zero-order valence-electron chi connectivity index (χ0n) is 10.5. The molecule has 17 heavy (non-hydrogen) atoms. The van der Waals surface area contributed by atoms with E-state index >= 15 is 0 Å². The summed E-state index contributed by atoms with van der Waals surface area (Å²) < 4.78 is 0. The minimum atomic E-state index is -1.01. The summed E-state index contributed by atoms with van der Waals surface area (Å²) in [6, 6.07) is 0.239. The SMILES string of the molecule is CCN(C(=O)N1CCCC1(C)C(=O)O)C1CC1. The van der Waals surface area contributed by atoms with Crippen molar-refractivity contribution in [2.45, 2.75) is 51.1 Å². The van der Waals surface area contributed by atoms with Crippen LogP contribution in [0.25, 0.3) is 0 Å². The predicted molar refractivity (Wildman–Crippen MR) is 62.8 cm³/mol. The number of nitrogens with zero attached hydrogens (tertiary/aromatic N) is 2. The highest BCUT2D eigenvalue weighted by molar-refractivity contribution is 5.87. The van der Waals surface area contributed by atoms with Crippen molar-refractivity contribution in [1.82, 2.24) is 9.80 Å². The van der Waals surface area contributed by atoms with Gasteiger partial charge in [-0.25, -0.2) is 9.59 Å². The molecule has 1 aliphatic carbocycles. The standard InChI is InChI=1S/C12H20N2O3/c1-3-13(9-5-6-9)11(17)14-8-4-7-12(14,2)10(15)16/h9H,3-8H2,1-2H3,(H,15,16). The van der Waals surface area contributed by atoms with Crippen LogP contribution < -0.4 is 0 Å². The van der Waals surface area contributed by atoms with Crippen LogP contribution in [-0.4, -0.2) is 51.6 Å². The molecule has 2 aliphatic rings. The fraction of sp³-hybridized carbons (Fsp3) is 0.833. The Labute approximate surface area is 101 Å². The van der Waals surface area contributed by atoms with E-state index in [-0.39, 0.29) is 6.03 Å². The fourth-order valence-corrected chi connectivity index (χ4v) is 2.58. The van der Waals surface area contributed by atoms with E-state index in [0.29, 0.717) is 25.6 Å². The van der Waals surface area contributed by atoms with Gasteiger partial charge in [-0.3, -0.25) is 0 Å². The average Bonchev–Trinajstić information content (AvgIpc) is 3.02. The van der Waals surface area contributed by atoms with E-state index in [1.54, 1.807) is 6.92 Å². The molecule has 1 atom stereocenters. The molecule has 2 rings (SSSR count). The molecular formula is C12H20N2O3. The van der Waals surface area contributed by atoms with Gasteiger partial charge in [0.25, 0.3) is 0 Å². The molecule has 2 amide bonds. The first-order chi connectivity index (χ1) is 8.00. The van der Waals surface area contributed by atoms with Crippen molar-refractivity contribution >= 4 is 12.0 Å². The molecule has 0 aromatic rings. The molecule has 5 nitrogen and oxygen atoms in total. The zero-order chi connectivity index (χ0) is 12.6.